The highest BCUT2D eigenvalue weighted by Gasteiger charge is 2.06. The van der Waals surface area contributed by atoms with Gasteiger partial charge in [0.05, 0.1) is 12.7 Å². The first-order valence-corrected chi connectivity index (χ1v) is 6.26. The van der Waals surface area contributed by atoms with Gasteiger partial charge in [0.1, 0.15) is 0 Å². The summed E-state index contributed by atoms with van der Waals surface area (Å²) >= 11 is 0. The number of esters is 1. The second-order valence-corrected chi connectivity index (χ2v) is 4.18. The van der Waals surface area contributed by atoms with Crippen LogP contribution in [0.15, 0.2) is 54.9 Å². The first-order chi connectivity index (χ1) is 10.2. The number of hydrogen-bond acceptors (Lipinski definition) is 4. The molecular formula is C16H14N2O3. The largest absolute Gasteiger partial charge is 0.465 e. The minimum absolute atomic E-state index is 0.283. The molecule has 0 fully saturated rings. The maximum Gasteiger partial charge on any atom is 0.337 e. The van der Waals surface area contributed by atoms with E-state index in [0.29, 0.717) is 11.3 Å². The van der Waals surface area contributed by atoms with E-state index in [9.17, 15) is 9.59 Å². The molecular weight excluding hydrogens is 268 g/mol. The van der Waals surface area contributed by atoms with Crippen LogP contribution in [-0.2, 0) is 9.53 Å². The van der Waals surface area contributed by atoms with Crippen LogP contribution < -0.4 is 5.32 Å². The molecule has 0 aliphatic rings. The van der Waals surface area contributed by atoms with Crippen LogP contribution in [0, 0.1) is 0 Å². The number of aromatic nitrogens is 1. The van der Waals surface area contributed by atoms with Crippen molar-refractivity contribution in [2.45, 2.75) is 0 Å². The average Bonchev–Trinajstić information content (AvgIpc) is 2.53. The number of amides is 1. The van der Waals surface area contributed by atoms with E-state index in [-0.39, 0.29) is 5.91 Å². The predicted molar refractivity (Wildman–Crippen MR) is 79.7 cm³/mol. The molecule has 2 rings (SSSR count). The van der Waals surface area contributed by atoms with E-state index in [2.05, 4.69) is 15.0 Å². The van der Waals surface area contributed by atoms with Gasteiger partial charge in [-0.05, 0) is 42.0 Å². The van der Waals surface area contributed by atoms with Crippen LogP contribution in [0.3, 0.4) is 0 Å². The Morgan fingerprint density at radius 2 is 1.95 bits per heavy atom. The molecule has 1 N–H and O–H groups in total. The lowest BCUT2D eigenvalue weighted by molar-refractivity contribution is -0.111. The number of rotatable bonds is 4. The number of benzene rings is 1. The normalized spacial score (nSPS) is 10.3. The third-order valence-electron chi connectivity index (χ3n) is 2.68. The zero-order chi connectivity index (χ0) is 15.1. The summed E-state index contributed by atoms with van der Waals surface area (Å²) in [6.07, 6.45) is 6.40. The Kier molecular flexibility index (Phi) is 4.82. The van der Waals surface area contributed by atoms with Gasteiger partial charge >= 0.3 is 5.97 Å². The van der Waals surface area contributed by atoms with Crippen molar-refractivity contribution in [3.8, 4) is 0 Å². The number of carbonyl (C=O) groups is 2. The van der Waals surface area contributed by atoms with Gasteiger partial charge < -0.3 is 10.1 Å². The van der Waals surface area contributed by atoms with Crippen LogP contribution in [-0.4, -0.2) is 24.0 Å². The molecule has 21 heavy (non-hydrogen) atoms. The summed E-state index contributed by atoms with van der Waals surface area (Å²) in [4.78, 5) is 27.1. The fourth-order valence-electron chi connectivity index (χ4n) is 1.67. The molecule has 0 saturated heterocycles. The minimum Gasteiger partial charge on any atom is -0.465 e. The van der Waals surface area contributed by atoms with Crippen LogP contribution in [0.5, 0.6) is 0 Å². The van der Waals surface area contributed by atoms with Crippen LogP contribution in [0.4, 0.5) is 5.69 Å². The van der Waals surface area contributed by atoms with Crippen LogP contribution in [0.25, 0.3) is 6.08 Å². The Hall–Kier alpha value is -2.95. The maximum absolute atomic E-state index is 11.8. The molecule has 1 aromatic carbocycles. The van der Waals surface area contributed by atoms with Crippen molar-refractivity contribution in [2.75, 3.05) is 12.4 Å². The number of pyridine rings is 1. The third kappa shape index (κ3) is 4.28. The zero-order valence-corrected chi connectivity index (χ0v) is 11.4. The number of anilines is 1. The maximum atomic E-state index is 11.8. The summed E-state index contributed by atoms with van der Waals surface area (Å²) in [7, 11) is 1.31. The average molecular weight is 282 g/mol. The highest BCUT2D eigenvalue weighted by atomic mass is 16.5. The van der Waals surface area contributed by atoms with Gasteiger partial charge in [-0.2, -0.15) is 0 Å². The second-order valence-electron chi connectivity index (χ2n) is 4.18. The van der Waals surface area contributed by atoms with Gasteiger partial charge in [-0.15, -0.1) is 0 Å². The van der Waals surface area contributed by atoms with Gasteiger partial charge in [0, 0.05) is 24.2 Å². The van der Waals surface area contributed by atoms with Crippen LogP contribution in [0.1, 0.15) is 15.9 Å². The molecule has 0 saturated carbocycles. The monoisotopic (exact) mass is 282 g/mol. The lowest BCUT2D eigenvalue weighted by atomic mass is 10.2. The van der Waals surface area contributed by atoms with Gasteiger partial charge in [-0.25, -0.2) is 4.79 Å². The summed E-state index contributed by atoms with van der Waals surface area (Å²) in [5.74, 6) is -0.729. The summed E-state index contributed by atoms with van der Waals surface area (Å²) in [5, 5.41) is 2.68. The first-order valence-electron chi connectivity index (χ1n) is 6.26. The van der Waals surface area contributed by atoms with Gasteiger partial charge in [0.2, 0.25) is 5.91 Å². The number of hydrogen-bond donors (Lipinski definition) is 1. The highest BCUT2D eigenvalue weighted by Crippen LogP contribution is 2.11. The molecule has 1 amide bonds. The Morgan fingerprint density at radius 1 is 1.19 bits per heavy atom. The zero-order valence-electron chi connectivity index (χ0n) is 11.4. The number of nitrogens with zero attached hydrogens (tertiary/aromatic N) is 1. The lowest BCUT2D eigenvalue weighted by Gasteiger charge is -2.04. The van der Waals surface area contributed by atoms with Crippen molar-refractivity contribution >= 4 is 23.6 Å². The molecule has 5 nitrogen and oxygen atoms in total. The van der Waals surface area contributed by atoms with Gasteiger partial charge in [-0.1, -0.05) is 6.07 Å². The van der Waals surface area contributed by atoms with Crippen molar-refractivity contribution in [1.82, 2.24) is 4.98 Å². The Morgan fingerprint density at radius 3 is 2.67 bits per heavy atom. The van der Waals surface area contributed by atoms with E-state index >= 15 is 0 Å². The van der Waals surface area contributed by atoms with Crippen molar-refractivity contribution in [2.24, 2.45) is 0 Å². The van der Waals surface area contributed by atoms with E-state index in [0.717, 1.165) is 5.56 Å². The Bertz CT molecular complexity index is 666. The van der Waals surface area contributed by atoms with Crippen molar-refractivity contribution in [3.63, 3.8) is 0 Å². The van der Waals surface area contributed by atoms with Crippen molar-refractivity contribution in [1.29, 1.82) is 0 Å². The van der Waals surface area contributed by atoms with Gasteiger partial charge in [0.15, 0.2) is 0 Å². The third-order valence-corrected chi connectivity index (χ3v) is 2.68. The van der Waals surface area contributed by atoms with Crippen LogP contribution in [0.2, 0.25) is 0 Å². The Labute approximate surface area is 122 Å². The fraction of sp³-hybridized carbons (Fsp3) is 0.0625. The molecule has 0 aliphatic carbocycles. The standard InChI is InChI=1S/C16H14N2O3/c1-21-16(20)13-3-2-4-14(11-13)18-15(19)6-5-12-7-9-17-10-8-12/h2-11H,1H3,(H,18,19). The SMILES string of the molecule is COC(=O)c1cccc(NC(=O)C=Cc2ccncc2)c1. The number of carbonyl (C=O) groups excluding carboxylic acids is 2. The van der Waals surface area contributed by atoms with Crippen molar-refractivity contribution < 1.29 is 14.3 Å². The molecule has 2 aromatic rings. The van der Waals surface area contributed by atoms with Crippen molar-refractivity contribution in [3.05, 3.63) is 66.0 Å². The van der Waals surface area contributed by atoms with E-state index in [4.69, 9.17) is 0 Å². The number of ether oxygens (including phenoxy) is 1. The molecule has 0 bridgehead atoms. The van der Waals surface area contributed by atoms with E-state index in [1.165, 1.54) is 13.2 Å². The second kappa shape index (κ2) is 7.00. The van der Waals surface area contributed by atoms with E-state index in [1.54, 1.807) is 54.9 Å². The molecule has 1 aromatic heterocycles. The quantitative estimate of drug-likeness (QED) is 0.691. The molecule has 0 atom stereocenters. The van der Waals surface area contributed by atoms with Gasteiger partial charge in [0.25, 0.3) is 0 Å². The minimum atomic E-state index is -0.446. The highest BCUT2D eigenvalue weighted by molar-refractivity contribution is 6.02. The predicted octanol–water partition coefficient (Wildman–Crippen LogP) is 2.52. The van der Waals surface area contributed by atoms with Gasteiger partial charge in [-0.3, -0.25) is 9.78 Å². The molecule has 0 unspecified atom stereocenters. The topological polar surface area (TPSA) is 68.3 Å². The van der Waals surface area contributed by atoms with E-state index in [1.807, 2.05) is 0 Å². The molecule has 1 heterocycles. The van der Waals surface area contributed by atoms with E-state index < -0.39 is 5.97 Å². The fourth-order valence-corrected chi connectivity index (χ4v) is 1.67. The summed E-state index contributed by atoms with van der Waals surface area (Å²) in [5.41, 5.74) is 1.79. The molecule has 5 heteroatoms. The Balaban J connectivity index is 2.03. The smallest absolute Gasteiger partial charge is 0.337 e. The first kappa shape index (κ1) is 14.5. The molecule has 0 aliphatic heterocycles. The molecule has 0 radical (unpaired) electrons. The molecule has 0 spiro atoms. The lowest BCUT2D eigenvalue weighted by Crippen LogP contribution is -2.09. The molecule has 106 valence electrons. The number of nitrogens with one attached hydrogen (secondary N) is 1. The summed E-state index contributed by atoms with van der Waals surface area (Å²) < 4.78 is 4.63. The number of methoxy groups -OCH3 is 1. The summed E-state index contributed by atoms with van der Waals surface area (Å²) in [6.45, 7) is 0. The van der Waals surface area contributed by atoms with Crippen LogP contribution >= 0.6 is 0 Å². The summed E-state index contributed by atoms with van der Waals surface area (Å²) in [6, 6.07) is 10.1.